The second-order valence-electron chi connectivity index (χ2n) is 3.51. The highest BCUT2D eigenvalue weighted by molar-refractivity contribution is 5.74. The summed E-state index contributed by atoms with van der Waals surface area (Å²) in [4.78, 5) is 11.2. The molecule has 0 aromatic heterocycles. The minimum Gasteiger partial charge on any atom is -0.436 e. The first-order chi connectivity index (χ1) is 5.86. The highest BCUT2D eigenvalue weighted by atomic mass is 16.7. The second-order valence-corrected chi connectivity index (χ2v) is 3.51. The van der Waals surface area contributed by atoms with Gasteiger partial charge in [-0.3, -0.25) is 4.79 Å². The summed E-state index contributed by atoms with van der Waals surface area (Å²) in [5.74, 6) is 0.137. The normalized spacial score (nSPS) is 29.8. The van der Waals surface area contributed by atoms with Crippen molar-refractivity contribution in [3.63, 3.8) is 0 Å². The zero-order valence-electron chi connectivity index (χ0n) is 7.12. The highest BCUT2D eigenvalue weighted by Gasteiger charge is 2.33. The zero-order valence-corrected chi connectivity index (χ0v) is 7.12. The summed E-state index contributed by atoms with van der Waals surface area (Å²) in [6.07, 6.45) is 4.85. The van der Waals surface area contributed by atoms with Crippen LogP contribution in [0.5, 0.6) is 0 Å². The first-order valence-corrected chi connectivity index (χ1v) is 4.68. The van der Waals surface area contributed by atoms with Crippen molar-refractivity contribution in [1.82, 2.24) is 0 Å². The van der Waals surface area contributed by atoms with Crippen LogP contribution < -0.4 is 0 Å². The number of hydrogen-bond acceptors (Lipinski definition) is 3. The maximum atomic E-state index is 11.2. The molecule has 1 aliphatic heterocycles. The predicted octanol–water partition coefficient (Wildman–Crippen LogP) is 1.47. The van der Waals surface area contributed by atoms with Crippen molar-refractivity contribution < 1.29 is 14.3 Å². The molecule has 2 fully saturated rings. The monoisotopic (exact) mass is 170 g/mol. The van der Waals surface area contributed by atoms with Crippen molar-refractivity contribution in [2.45, 2.75) is 38.4 Å². The quantitative estimate of drug-likeness (QED) is 0.589. The van der Waals surface area contributed by atoms with E-state index < -0.39 is 0 Å². The molecule has 2 aliphatic rings. The maximum absolute atomic E-state index is 11.2. The molecule has 1 unspecified atom stereocenters. The molecule has 0 bridgehead atoms. The molecular weight excluding hydrogens is 156 g/mol. The lowest BCUT2D eigenvalue weighted by atomic mass is 10.2. The summed E-state index contributed by atoms with van der Waals surface area (Å²) < 4.78 is 10.4. The Bertz CT molecular complexity index is 169. The van der Waals surface area contributed by atoms with Gasteiger partial charge < -0.3 is 9.47 Å². The van der Waals surface area contributed by atoms with Gasteiger partial charge in [0.15, 0.2) is 0 Å². The summed E-state index contributed by atoms with van der Waals surface area (Å²) in [7, 11) is 0. The smallest absolute Gasteiger partial charge is 0.311 e. The van der Waals surface area contributed by atoms with E-state index in [-0.39, 0.29) is 18.2 Å². The number of ether oxygens (including phenoxy) is 2. The van der Waals surface area contributed by atoms with Gasteiger partial charge in [0.25, 0.3) is 0 Å². The third-order valence-electron chi connectivity index (χ3n) is 2.30. The van der Waals surface area contributed by atoms with Crippen LogP contribution in [0.4, 0.5) is 0 Å². The van der Waals surface area contributed by atoms with Crippen molar-refractivity contribution >= 4 is 5.97 Å². The van der Waals surface area contributed by atoms with E-state index in [1.165, 1.54) is 0 Å². The third kappa shape index (κ3) is 1.97. The fourth-order valence-electron chi connectivity index (χ4n) is 1.35. The van der Waals surface area contributed by atoms with Gasteiger partial charge in [-0.2, -0.15) is 0 Å². The van der Waals surface area contributed by atoms with Crippen LogP contribution in [0.3, 0.4) is 0 Å². The van der Waals surface area contributed by atoms with Crippen molar-refractivity contribution in [3.8, 4) is 0 Å². The van der Waals surface area contributed by atoms with Crippen LogP contribution in [0.2, 0.25) is 0 Å². The molecule has 1 saturated carbocycles. The molecule has 1 saturated heterocycles. The van der Waals surface area contributed by atoms with Gasteiger partial charge in [0.2, 0.25) is 6.29 Å². The van der Waals surface area contributed by atoms with Crippen LogP contribution in [-0.2, 0) is 14.3 Å². The van der Waals surface area contributed by atoms with E-state index in [0.29, 0.717) is 0 Å². The number of hydrogen-bond donors (Lipinski definition) is 0. The third-order valence-corrected chi connectivity index (χ3v) is 2.30. The lowest BCUT2D eigenvalue weighted by molar-refractivity contribution is -0.188. The molecule has 0 amide bonds. The molecule has 1 aliphatic carbocycles. The Hall–Kier alpha value is -0.570. The fraction of sp³-hybridized carbons (Fsp3) is 0.889. The molecule has 3 nitrogen and oxygen atoms in total. The zero-order chi connectivity index (χ0) is 8.39. The van der Waals surface area contributed by atoms with E-state index in [1.807, 2.05) is 0 Å². The Morgan fingerprint density at radius 2 is 2.08 bits per heavy atom. The van der Waals surface area contributed by atoms with Crippen molar-refractivity contribution in [2.75, 3.05) is 6.61 Å². The van der Waals surface area contributed by atoms with E-state index in [9.17, 15) is 4.79 Å². The minimum atomic E-state index is -0.244. The van der Waals surface area contributed by atoms with Gasteiger partial charge >= 0.3 is 5.97 Å². The van der Waals surface area contributed by atoms with Crippen LogP contribution in [0, 0.1) is 5.92 Å². The first-order valence-electron chi connectivity index (χ1n) is 4.68. The summed E-state index contributed by atoms with van der Waals surface area (Å²) in [5, 5.41) is 0. The molecule has 2 rings (SSSR count). The van der Waals surface area contributed by atoms with E-state index >= 15 is 0 Å². The SMILES string of the molecule is O=C(OC1CCCCO1)C1CC1. The number of esters is 1. The molecule has 3 heteroatoms. The van der Waals surface area contributed by atoms with Crippen LogP contribution in [0.1, 0.15) is 32.1 Å². The summed E-state index contributed by atoms with van der Waals surface area (Å²) >= 11 is 0. The van der Waals surface area contributed by atoms with Crippen molar-refractivity contribution in [2.24, 2.45) is 5.92 Å². The standard InChI is InChI=1S/C9H14O3/c10-9(7-4-5-7)12-8-3-1-2-6-11-8/h7-8H,1-6H2. The van der Waals surface area contributed by atoms with Crippen LogP contribution in [0.25, 0.3) is 0 Å². The summed E-state index contributed by atoms with van der Waals surface area (Å²) in [6, 6.07) is 0. The molecule has 12 heavy (non-hydrogen) atoms. The number of carbonyl (C=O) groups is 1. The predicted molar refractivity (Wildman–Crippen MR) is 42.4 cm³/mol. The Labute approximate surface area is 72.0 Å². The van der Waals surface area contributed by atoms with E-state index in [4.69, 9.17) is 9.47 Å². The van der Waals surface area contributed by atoms with Crippen molar-refractivity contribution in [3.05, 3.63) is 0 Å². The van der Waals surface area contributed by atoms with Crippen molar-refractivity contribution in [1.29, 1.82) is 0 Å². The molecule has 1 atom stereocenters. The first kappa shape index (κ1) is 8.05. The summed E-state index contributed by atoms with van der Waals surface area (Å²) in [5.41, 5.74) is 0. The molecule has 1 heterocycles. The van der Waals surface area contributed by atoms with E-state index in [2.05, 4.69) is 0 Å². The second kappa shape index (κ2) is 3.44. The van der Waals surface area contributed by atoms with Crippen LogP contribution in [0.15, 0.2) is 0 Å². The maximum Gasteiger partial charge on any atom is 0.311 e. The summed E-state index contributed by atoms with van der Waals surface area (Å²) in [6.45, 7) is 0.739. The molecule has 0 aromatic rings. The number of carbonyl (C=O) groups excluding carboxylic acids is 1. The average molecular weight is 170 g/mol. The van der Waals surface area contributed by atoms with Gasteiger partial charge in [0.05, 0.1) is 12.5 Å². The molecule has 0 N–H and O–H groups in total. The Kier molecular flexibility index (Phi) is 2.30. The average Bonchev–Trinajstić information content (AvgIpc) is 2.88. The molecule has 0 spiro atoms. The van der Waals surface area contributed by atoms with Gasteiger partial charge in [-0.15, -0.1) is 0 Å². The Morgan fingerprint density at radius 3 is 2.67 bits per heavy atom. The molecular formula is C9H14O3. The van der Waals surface area contributed by atoms with Gasteiger partial charge in [-0.25, -0.2) is 0 Å². The van der Waals surface area contributed by atoms with E-state index in [0.717, 1.165) is 38.7 Å². The molecule has 0 radical (unpaired) electrons. The lowest BCUT2D eigenvalue weighted by Gasteiger charge is -2.22. The van der Waals surface area contributed by atoms with Crippen LogP contribution >= 0.6 is 0 Å². The highest BCUT2D eigenvalue weighted by Crippen LogP contribution is 2.31. The van der Waals surface area contributed by atoms with Gasteiger partial charge in [-0.1, -0.05) is 0 Å². The number of rotatable bonds is 2. The Morgan fingerprint density at radius 1 is 1.25 bits per heavy atom. The topological polar surface area (TPSA) is 35.5 Å². The Balaban J connectivity index is 1.73. The molecule has 68 valence electrons. The van der Waals surface area contributed by atoms with Gasteiger partial charge in [-0.05, 0) is 25.7 Å². The fourth-order valence-corrected chi connectivity index (χ4v) is 1.35. The molecule has 0 aromatic carbocycles. The van der Waals surface area contributed by atoms with Gasteiger partial charge in [0.1, 0.15) is 0 Å². The lowest BCUT2D eigenvalue weighted by Crippen LogP contribution is -2.25. The van der Waals surface area contributed by atoms with Crippen LogP contribution in [-0.4, -0.2) is 18.9 Å². The minimum absolute atomic E-state index is 0.0538. The van der Waals surface area contributed by atoms with Gasteiger partial charge in [0, 0.05) is 6.42 Å². The van der Waals surface area contributed by atoms with E-state index in [1.54, 1.807) is 0 Å². The largest absolute Gasteiger partial charge is 0.436 e.